The number of aromatic nitrogens is 2. The fraction of sp³-hybridized carbons (Fsp3) is 0.263. The summed E-state index contributed by atoms with van der Waals surface area (Å²) in [5.74, 6) is 0.397. The molecule has 0 aliphatic carbocycles. The van der Waals surface area contributed by atoms with Crippen LogP contribution in [0.5, 0.6) is 5.75 Å². The molecule has 0 spiro atoms. The summed E-state index contributed by atoms with van der Waals surface area (Å²) in [6.45, 7) is -2.26. The fourth-order valence-corrected chi connectivity index (χ4v) is 3.82. The summed E-state index contributed by atoms with van der Waals surface area (Å²) in [6, 6.07) is 11.4. The van der Waals surface area contributed by atoms with E-state index < -0.39 is 6.61 Å². The van der Waals surface area contributed by atoms with Crippen LogP contribution in [-0.2, 0) is 17.0 Å². The van der Waals surface area contributed by atoms with E-state index in [9.17, 15) is 13.6 Å². The van der Waals surface area contributed by atoms with Crippen LogP contribution in [0.15, 0.2) is 52.4 Å². The van der Waals surface area contributed by atoms with Crippen LogP contribution in [0, 0.1) is 0 Å². The molecule has 0 saturated heterocycles. The molecule has 0 fully saturated rings. The Kier molecular flexibility index (Phi) is 6.88. The minimum Gasteiger partial charge on any atom is -0.435 e. The zero-order valence-electron chi connectivity index (χ0n) is 14.9. The van der Waals surface area contributed by atoms with Crippen LogP contribution in [0.4, 0.5) is 8.78 Å². The Morgan fingerprint density at radius 1 is 1.25 bits per heavy atom. The Morgan fingerprint density at radius 3 is 2.79 bits per heavy atom. The van der Waals surface area contributed by atoms with Crippen LogP contribution in [0.2, 0.25) is 5.02 Å². The highest BCUT2D eigenvalue weighted by atomic mass is 35.5. The van der Waals surface area contributed by atoms with Gasteiger partial charge in [-0.1, -0.05) is 41.6 Å². The Balaban J connectivity index is 1.97. The fourth-order valence-electron chi connectivity index (χ4n) is 2.64. The lowest BCUT2D eigenvalue weighted by molar-refractivity contribution is -0.0503. The summed E-state index contributed by atoms with van der Waals surface area (Å²) >= 11 is 7.28. The van der Waals surface area contributed by atoms with E-state index in [0.29, 0.717) is 45.5 Å². The molecule has 0 aliphatic heterocycles. The summed E-state index contributed by atoms with van der Waals surface area (Å²) < 4.78 is 36.4. The molecule has 0 aliphatic rings. The van der Waals surface area contributed by atoms with Crippen LogP contribution < -0.4 is 10.3 Å². The van der Waals surface area contributed by atoms with E-state index in [1.165, 1.54) is 22.4 Å². The molecule has 0 saturated carbocycles. The second kappa shape index (κ2) is 9.36. The summed E-state index contributed by atoms with van der Waals surface area (Å²) in [6.07, 6.45) is 0. The first-order chi connectivity index (χ1) is 13.5. The molecule has 3 rings (SSSR count). The molecule has 0 radical (unpaired) electrons. The van der Waals surface area contributed by atoms with Crippen LogP contribution >= 0.6 is 23.4 Å². The van der Waals surface area contributed by atoms with Gasteiger partial charge in [0, 0.05) is 23.4 Å². The number of fused-ring (bicyclic) bond motifs is 1. The number of rotatable bonds is 8. The van der Waals surface area contributed by atoms with Gasteiger partial charge in [-0.2, -0.15) is 8.78 Å². The van der Waals surface area contributed by atoms with Gasteiger partial charge in [0.25, 0.3) is 5.56 Å². The van der Waals surface area contributed by atoms with Gasteiger partial charge in [-0.15, -0.1) is 0 Å². The summed E-state index contributed by atoms with van der Waals surface area (Å²) in [7, 11) is 1.55. The summed E-state index contributed by atoms with van der Waals surface area (Å²) in [4.78, 5) is 17.4. The van der Waals surface area contributed by atoms with Crippen LogP contribution in [0.25, 0.3) is 10.9 Å². The van der Waals surface area contributed by atoms with E-state index in [1.807, 2.05) is 0 Å². The molecule has 0 amide bonds. The number of benzene rings is 2. The maximum Gasteiger partial charge on any atom is 0.387 e. The minimum atomic E-state index is -2.91. The van der Waals surface area contributed by atoms with Crippen molar-refractivity contribution in [3.63, 3.8) is 0 Å². The second-order valence-corrected chi connectivity index (χ2v) is 7.16. The third kappa shape index (κ3) is 4.81. The van der Waals surface area contributed by atoms with Crippen LogP contribution in [0.1, 0.15) is 5.56 Å². The Morgan fingerprint density at radius 2 is 2.04 bits per heavy atom. The highest BCUT2D eigenvalue weighted by Crippen LogP contribution is 2.28. The van der Waals surface area contributed by atoms with Gasteiger partial charge >= 0.3 is 6.61 Å². The normalized spacial score (nSPS) is 11.3. The second-order valence-electron chi connectivity index (χ2n) is 5.78. The number of halogens is 3. The first-order valence-corrected chi connectivity index (χ1v) is 9.70. The molecular formula is C19H17ClF2N2O3S. The van der Waals surface area contributed by atoms with Crippen molar-refractivity contribution < 1.29 is 18.3 Å². The van der Waals surface area contributed by atoms with Crippen molar-refractivity contribution in [3.05, 3.63) is 63.4 Å². The lowest BCUT2D eigenvalue weighted by Gasteiger charge is -2.14. The van der Waals surface area contributed by atoms with Gasteiger partial charge in [0.2, 0.25) is 0 Å². The van der Waals surface area contributed by atoms with Gasteiger partial charge in [0.15, 0.2) is 5.16 Å². The van der Waals surface area contributed by atoms with Gasteiger partial charge in [-0.05, 0) is 24.3 Å². The monoisotopic (exact) mass is 426 g/mol. The Labute approximate surface area is 169 Å². The van der Waals surface area contributed by atoms with E-state index in [-0.39, 0.29) is 11.3 Å². The number of para-hydroxylation sites is 1. The van der Waals surface area contributed by atoms with Crippen LogP contribution in [0.3, 0.4) is 0 Å². The Bertz CT molecular complexity index is 1030. The van der Waals surface area contributed by atoms with Crippen molar-refractivity contribution in [2.45, 2.75) is 24.1 Å². The maximum atomic E-state index is 12.9. The number of thioether (sulfide) groups is 1. The third-order valence-corrected chi connectivity index (χ3v) is 5.21. The van der Waals surface area contributed by atoms with Crippen molar-refractivity contribution >= 4 is 34.3 Å². The average molecular weight is 427 g/mol. The topological polar surface area (TPSA) is 53.4 Å². The van der Waals surface area contributed by atoms with Crippen molar-refractivity contribution in [1.82, 2.24) is 9.55 Å². The first kappa shape index (κ1) is 20.6. The molecule has 28 heavy (non-hydrogen) atoms. The molecule has 0 unspecified atom stereocenters. The van der Waals surface area contributed by atoms with Gasteiger partial charge in [-0.25, -0.2) is 4.98 Å². The molecule has 0 N–H and O–H groups in total. The molecule has 9 heteroatoms. The number of hydrogen-bond donors (Lipinski definition) is 0. The van der Waals surface area contributed by atoms with Crippen LogP contribution in [-0.4, -0.2) is 29.9 Å². The lowest BCUT2D eigenvalue weighted by Crippen LogP contribution is -2.25. The van der Waals surface area contributed by atoms with Gasteiger partial charge in [0.05, 0.1) is 24.1 Å². The number of hydrogen-bond acceptors (Lipinski definition) is 5. The molecule has 0 bridgehead atoms. The molecule has 0 atom stereocenters. The molecule has 2 aromatic carbocycles. The molecule has 5 nitrogen and oxygen atoms in total. The van der Waals surface area contributed by atoms with E-state index in [0.717, 1.165) is 0 Å². The zero-order chi connectivity index (χ0) is 20.1. The predicted molar refractivity (Wildman–Crippen MR) is 106 cm³/mol. The van der Waals surface area contributed by atoms with Gasteiger partial charge in [-0.3, -0.25) is 9.36 Å². The highest BCUT2D eigenvalue weighted by molar-refractivity contribution is 7.98. The van der Waals surface area contributed by atoms with E-state index in [1.54, 1.807) is 43.5 Å². The number of methoxy groups -OCH3 is 1. The van der Waals surface area contributed by atoms with Gasteiger partial charge in [0.1, 0.15) is 5.75 Å². The number of nitrogens with zero attached hydrogens (tertiary/aromatic N) is 2. The summed E-state index contributed by atoms with van der Waals surface area (Å²) in [5, 5.41) is 1.37. The molecule has 148 valence electrons. The average Bonchev–Trinajstić information content (AvgIpc) is 2.66. The van der Waals surface area contributed by atoms with Crippen molar-refractivity contribution in [1.29, 1.82) is 0 Å². The Hall–Kier alpha value is -2.16. The SMILES string of the molecule is COCCn1c(SCc2ccccc2OC(F)F)nc2cc(Cl)ccc2c1=O. The van der Waals surface area contributed by atoms with Crippen molar-refractivity contribution in [3.8, 4) is 5.75 Å². The minimum absolute atomic E-state index is 0.0969. The van der Waals surface area contributed by atoms with E-state index >= 15 is 0 Å². The molecule has 1 heterocycles. The molecular weight excluding hydrogens is 410 g/mol. The lowest BCUT2D eigenvalue weighted by atomic mass is 10.2. The first-order valence-electron chi connectivity index (χ1n) is 8.34. The standard InChI is InChI=1S/C19H17ClF2N2O3S/c1-26-9-8-24-17(25)14-7-6-13(20)10-15(14)23-19(24)28-11-12-4-2-3-5-16(12)27-18(21)22/h2-7,10,18H,8-9,11H2,1H3. The quantitative estimate of drug-likeness (QED) is 0.389. The smallest absolute Gasteiger partial charge is 0.387 e. The molecule has 1 aromatic heterocycles. The highest BCUT2D eigenvalue weighted by Gasteiger charge is 2.14. The van der Waals surface area contributed by atoms with Crippen molar-refractivity contribution in [2.75, 3.05) is 13.7 Å². The number of ether oxygens (including phenoxy) is 2. The van der Waals surface area contributed by atoms with Crippen molar-refractivity contribution in [2.24, 2.45) is 0 Å². The van der Waals surface area contributed by atoms with Gasteiger partial charge < -0.3 is 9.47 Å². The predicted octanol–water partition coefficient (Wildman–Crippen LogP) is 4.59. The molecule has 3 aromatic rings. The van der Waals surface area contributed by atoms with E-state index in [2.05, 4.69) is 9.72 Å². The zero-order valence-corrected chi connectivity index (χ0v) is 16.5. The number of alkyl halides is 2. The largest absolute Gasteiger partial charge is 0.435 e. The maximum absolute atomic E-state index is 12.9. The van der Waals surface area contributed by atoms with E-state index in [4.69, 9.17) is 16.3 Å². The summed E-state index contributed by atoms with van der Waals surface area (Å²) in [5.41, 5.74) is 0.843. The third-order valence-electron chi connectivity index (χ3n) is 3.95.